The number of amides is 4. The summed E-state index contributed by atoms with van der Waals surface area (Å²) in [6.45, 7) is 17.5. The molecule has 0 bridgehead atoms. The van der Waals surface area contributed by atoms with E-state index >= 15 is 0 Å². The molecule has 23 nitrogen and oxygen atoms in total. The molecule has 2 saturated heterocycles. The summed E-state index contributed by atoms with van der Waals surface area (Å²) in [6.07, 6.45) is 4.43. The maximum Gasteiger partial charge on any atom is 0.347 e. The van der Waals surface area contributed by atoms with Gasteiger partial charge in [0.2, 0.25) is 11.8 Å². The number of ether oxygens (including phenoxy) is 9. The summed E-state index contributed by atoms with van der Waals surface area (Å²) in [7, 11) is 2.81. The molecular weight excluding hydrogens is 1090 g/mol. The lowest BCUT2D eigenvalue weighted by atomic mass is 9.92. The molecule has 2 fully saturated rings. The Morgan fingerprint density at radius 1 is 0.817 bits per heavy atom. The van der Waals surface area contributed by atoms with Crippen molar-refractivity contribution in [2.45, 2.75) is 131 Å². The summed E-state index contributed by atoms with van der Waals surface area (Å²) in [5.41, 5.74) is 2.06. The van der Waals surface area contributed by atoms with Gasteiger partial charge in [0.15, 0.2) is 6.10 Å². The number of imide groups is 1. The van der Waals surface area contributed by atoms with Crippen LogP contribution in [0.15, 0.2) is 60.8 Å². The lowest BCUT2D eigenvalue weighted by molar-refractivity contribution is -0.179. The highest BCUT2D eigenvalue weighted by atomic mass is 35.5. The third-order valence-electron chi connectivity index (χ3n) is 12.8. The van der Waals surface area contributed by atoms with Crippen LogP contribution in [0, 0.1) is 17.3 Å². The minimum absolute atomic E-state index is 0.0223. The third kappa shape index (κ3) is 23.6. The molecule has 1 aromatic heterocycles. The van der Waals surface area contributed by atoms with E-state index in [-0.39, 0.29) is 81.1 Å². The Hall–Kier alpha value is -6.18. The van der Waals surface area contributed by atoms with Gasteiger partial charge in [0.1, 0.15) is 36.0 Å². The zero-order valence-electron chi connectivity index (χ0n) is 48.7. The molecule has 3 aliphatic rings. The van der Waals surface area contributed by atoms with Gasteiger partial charge in [-0.1, -0.05) is 87.8 Å². The zero-order valence-corrected chi connectivity index (χ0v) is 49.5. The maximum atomic E-state index is 13.9. The van der Waals surface area contributed by atoms with Crippen LogP contribution in [0.5, 0.6) is 5.75 Å². The Balaban J connectivity index is 0.00000118. The fourth-order valence-electron chi connectivity index (χ4n) is 8.25. The normalized spacial score (nSPS) is 21.0. The smallest absolute Gasteiger partial charge is 0.347 e. The number of benzene rings is 2. The number of nitrogens with zero attached hydrogens (tertiary/aromatic N) is 4. The summed E-state index contributed by atoms with van der Waals surface area (Å²) in [6, 6.07) is 12.1. The van der Waals surface area contributed by atoms with Gasteiger partial charge >= 0.3 is 11.9 Å². The van der Waals surface area contributed by atoms with Crippen LogP contribution in [-0.4, -0.2) is 166 Å². The highest BCUT2D eigenvalue weighted by molar-refractivity contribution is 6.32. The Morgan fingerprint density at radius 2 is 1.43 bits per heavy atom. The zero-order chi connectivity index (χ0) is 60.0. The first-order valence-corrected chi connectivity index (χ1v) is 28.1. The molecular formula is C58H83ClN6O17. The Morgan fingerprint density at radius 3 is 2.00 bits per heavy atom. The molecule has 4 heterocycles. The molecule has 82 heavy (non-hydrogen) atoms. The number of hydrogen-bond donors (Lipinski definition) is 2. The highest BCUT2D eigenvalue weighted by Gasteiger charge is 2.48. The van der Waals surface area contributed by atoms with Crippen molar-refractivity contribution in [3.05, 3.63) is 88.2 Å². The summed E-state index contributed by atoms with van der Waals surface area (Å²) < 4.78 is 52.6. The second-order valence-electron chi connectivity index (χ2n) is 20.2. The molecule has 6 rings (SSSR count). The molecule has 3 aromatic rings. The molecule has 3 aliphatic heterocycles. The molecule has 0 radical (unpaired) electrons. The van der Waals surface area contributed by atoms with Crippen molar-refractivity contribution in [2.75, 3.05) is 80.2 Å². The number of halogens is 1. The van der Waals surface area contributed by atoms with Crippen molar-refractivity contribution in [1.82, 2.24) is 30.7 Å². The highest BCUT2D eigenvalue weighted by Crippen LogP contribution is 2.45. The number of esters is 2. The molecule has 454 valence electrons. The monoisotopic (exact) mass is 1170 g/mol. The van der Waals surface area contributed by atoms with Crippen LogP contribution in [-0.2, 0) is 95.9 Å². The van der Waals surface area contributed by atoms with Gasteiger partial charge in [-0.3, -0.25) is 28.8 Å². The first kappa shape index (κ1) is 68.3. The number of carbonyl (C=O) groups excluding carboxylic acids is 7. The number of nitrogens with one attached hydrogen (secondary N) is 2. The number of cyclic esters (lactones) is 2. The van der Waals surface area contributed by atoms with E-state index < -0.39 is 47.4 Å². The second kappa shape index (κ2) is 36.4. The number of aromatic nitrogens is 3. The topological polar surface area (TPSA) is 273 Å². The van der Waals surface area contributed by atoms with Gasteiger partial charge in [-0.25, -0.2) is 9.48 Å². The van der Waals surface area contributed by atoms with Gasteiger partial charge in [-0.2, -0.15) is 5.06 Å². The number of rotatable bonds is 28. The molecule has 0 saturated carbocycles. The molecule has 0 spiro atoms. The van der Waals surface area contributed by atoms with E-state index in [9.17, 15) is 33.6 Å². The molecule has 0 aliphatic carbocycles. The fraction of sp³-hybridized carbons (Fsp3) is 0.603. The van der Waals surface area contributed by atoms with Gasteiger partial charge < -0.3 is 58.1 Å². The number of hydrogen-bond acceptors (Lipinski definition) is 19. The molecule has 2 N–H and O–H groups in total. The number of epoxide rings is 1. The maximum absolute atomic E-state index is 13.9. The Kier molecular flexibility index (Phi) is 30.3. The fourth-order valence-corrected chi connectivity index (χ4v) is 8.53. The van der Waals surface area contributed by atoms with Crippen molar-refractivity contribution in [3.63, 3.8) is 0 Å². The standard InChI is InChI=1S/C51H70ClN5O14.C5H7NO3.C2H6/c1-34(2)27-44-49(61)69-42(9-7-10-45(59)54-41(29-37-13-16-43(63-6)40(52)28-37)48(60)53-33-51(4,5)50(62)70-44)35(3)46-47(71-46)38-14-11-36(12-15-38)30-57-31-39(55-56-57)32-68-26-25-67-24-23-66-22-21-65-20-19-64-18-8-17-58;1-9-6-4(7)2-3-5(6)8;1-2/h7,10-17,28,31,34-35,41-42,44,46-47H,8-9,18-27,29-30,32-33H2,1-6H3,(H,53,60)(H,54,59);2-3H2,1H3;1-2H3/b10-7+;;/t35-,41+,42-,44-,46?,47?;;/m0../s1. The van der Waals surface area contributed by atoms with Crippen molar-refractivity contribution in [3.8, 4) is 5.75 Å². The average Bonchev–Trinajstić information content (AvgIpc) is 4.16. The third-order valence-corrected chi connectivity index (χ3v) is 13.1. The Bertz CT molecular complexity index is 2490. The van der Waals surface area contributed by atoms with E-state index in [1.807, 2.05) is 65.1 Å². The minimum Gasteiger partial charge on any atom is -0.495 e. The lowest BCUT2D eigenvalue weighted by Crippen LogP contribution is -2.51. The predicted octanol–water partition coefficient (Wildman–Crippen LogP) is 5.66. The van der Waals surface area contributed by atoms with E-state index in [1.54, 1.807) is 42.8 Å². The average molecular weight is 1170 g/mol. The van der Waals surface area contributed by atoms with Crippen LogP contribution in [0.1, 0.15) is 109 Å². The summed E-state index contributed by atoms with van der Waals surface area (Å²) in [5, 5.41) is 15.2. The first-order valence-electron chi connectivity index (χ1n) is 27.8. The number of aldehydes is 1. The number of hydroxylamine groups is 2. The minimum atomic E-state index is -1.24. The Labute approximate surface area is 485 Å². The molecule has 24 heteroatoms. The number of carbonyl (C=O) groups is 7. The summed E-state index contributed by atoms with van der Waals surface area (Å²) in [4.78, 5) is 90.5. The second-order valence-corrected chi connectivity index (χ2v) is 20.6. The van der Waals surface area contributed by atoms with E-state index in [0.29, 0.717) is 94.5 Å². The van der Waals surface area contributed by atoms with Gasteiger partial charge in [-0.05, 0) is 61.1 Å². The van der Waals surface area contributed by atoms with Crippen molar-refractivity contribution in [1.29, 1.82) is 0 Å². The predicted molar refractivity (Wildman–Crippen MR) is 299 cm³/mol. The van der Waals surface area contributed by atoms with Crippen LogP contribution in [0.2, 0.25) is 5.02 Å². The first-order chi connectivity index (χ1) is 39.4. The van der Waals surface area contributed by atoms with Crippen LogP contribution in [0.4, 0.5) is 0 Å². The quantitative estimate of drug-likeness (QED) is 0.0292. The van der Waals surface area contributed by atoms with Gasteiger partial charge in [0.25, 0.3) is 11.8 Å². The number of methoxy groups -OCH3 is 1. The van der Waals surface area contributed by atoms with Crippen LogP contribution >= 0.6 is 11.6 Å². The SMILES string of the molecule is CC.CON1C(=O)CCC1=O.COc1ccc(C[C@H]2NC(=O)/C=C/C[C@@H]([C@H](C)C3OC3c3ccc(Cn4cc(COCCOCCOCCOCCOCCC=O)nn4)cc3)OC(=O)[C@H](CC(C)C)OC(=O)C(C)(C)CNC2=O)cc1Cl. The summed E-state index contributed by atoms with van der Waals surface area (Å²) in [5.74, 6) is -2.83. The van der Waals surface area contributed by atoms with E-state index in [1.165, 1.54) is 20.3 Å². The van der Waals surface area contributed by atoms with Gasteiger partial charge in [-0.15, -0.1) is 5.10 Å². The summed E-state index contributed by atoms with van der Waals surface area (Å²) >= 11 is 6.38. The van der Waals surface area contributed by atoms with Crippen LogP contribution in [0.25, 0.3) is 0 Å². The lowest BCUT2D eigenvalue weighted by Gasteiger charge is -2.29. The van der Waals surface area contributed by atoms with Crippen LogP contribution < -0.4 is 15.4 Å². The molecule has 2 aromatic carbocycles. The van der Waals surface area contributed by atoms with Gasteiger partial charge in [0.05, 0.1) is 110 Å². The van der Waals surface area contributed by atoms with Crippen molar-refractivity contribution < 1.29 is 81.0 Å². The molecule has 4 amide bonds. The van der Waals surface area contributed by atoms with Crippen LogP contribution in [0.3, 0.4) is 0 Å². The van der Waals surface area contributed by atoms with E-state index in [4.69, 9.17) is 54.2 Å². The van der Waals surface area contributed by atoms with Gasteiger partial charge in [0, 0.05) is 44.6 Å². The molecule has 2 unspecified atom stereocenters. The van der Waals surface area contributed by atoms with E-state index in [0.717, 1.165) is 22.5 Å². The largest absolute Gasteiger partial charge is 0.495 e. The molecule has 6 atom stereocenters. The van der Waals surface area contributed by atoms with Crippen molar-refractivity contribution >= 4 is 53.5 Å². The van der Waals surface area contributed by atoms with Crippen molar-refractivity contribution in [2.24, 2.45) is 17.3 Å². The van der Waals surface area contributed by atoms with E-state index in [2.05, 4.69) is 25.8 Å².